The highest BCUT2D eigenvalue weighted by atomic mass is 19.3. The number of carbonyl (C=O) groups is 2. The van der Waals surface area contributed by atoms with Crippen LogP contribution in [0.25, 0.3) is 11.0 Å². The van der Waals surface area contributed by atoms with Crippen molar-refractivity contribution >= 4 is 22.9 Å². The van der Waals surface area contributed by atoms with Crippen molar-refractivity contribution in [1.82, 2.24) is 15.3 Å². The normalized spacial score (nSPS) is 10.9. The second kappa shape index (κ2) is 9.92. The molecular formula is C22H21F2N3O4. The van der Waals surface area contributed by atoms with E-state index in [1.807, 2.05) is 13.8 Å². The lowest BCUT2D eigenvalue weighted by Crippen LogP contribution is -2.30. The Morgan fingerprint density at radius 2 is 1.68 bits per heavy atom. The van der Waals surface area contributed by atoms with E-state index in [2.05, 4.69) is 20.0 Å². The van der Waals surface area contributed by atoms with Gasteiger partial charge in [-0.15, -0.1) is 0 Å². The fourth-order valence-corrected chi connectivity index (χ4v) is 2.81. The number of rotatable bonds is 8. The molecule has 3 rings (SSSR count). The molecule has 0 saturated carbocycles. The molecule has 9 heteroatoms. The molecular weight excluding hydrogens is 408 g/mol. The average molecular weight is 429 g/mol. The van der Waals surface area contributed by atoms with Gasteiger partial charge in [0.15, 0.2) is 6.61 Å². The van der Waals surface area contributed by atoms with E-state index in [4.69, 9.17) is 4.74 Å². The Labute approximate surface area is 177 Å². The quantitative estimate of drug-likeness (QED) is 0.552. The summed E-state index contributed by atoms with van der Waals surface area (Å²) in [5.74, 6) is -1.01. The largest absolute Gasteiger partial charge is 0.452 e. The van der Waals surface area contributed by atoms with Gasteiger partial charge in [0.2, 0.25) is 0 Å². The standard InChI is InChI=1S/C22H21F2N3O4/c1-13-14(2)27-19-11-16(5-8-18(19)26-13)21(29)30-12-20(28)25-10-9-15-3-6-17(7-4-15)31-22(23)24/h3-8,11,22H,9-10,12H2,1-2H3,(H,25,28). The van der Waals surface area contributed by atoms with Gasteiger partial charge < -0.3 is 14.8 Å². The summed E-state index contributed by atoms with van der Waals surface area (Å²) in [6.45, 7) is 0.706. The molecule has 2 aromatic carbocycles. The van der Waals surface area contributed by atoms with Crippen molar-refractivity contribution in [2.24, 2.45) is 0 Å². The number of amides is 1. The number of benzene rings is 2. The number of halogens is 2. The summed E-state index contributed by atoms with van der Waals surface area (Å²) in [4.78, 5) is 33.0. The molecule has 0 aliphatic heterocycles. The number of esters is 1. The SMILES string of the molecule is Cc1nc2ccc(C(=O)OCC(=O)NCCc3ccc(OC(F)F)cc3)cc2nc1C. The van der Waals surface area contributed by atoms with Crippen molar-refractivity contribution in [1.29, 1.82) is 0 Å². The lowest BCUT2D eigenvalue weighted by molar-refractivity contribution is -0.124. The topological polar surface area (TPSA) is 90.4 Å². The van der Waals surface area contributed by atoms with Gasteiger partial charge in [-0.3, -0.25) is 4.79 Å². The first-order valence-corrected chi connectivity index (χ1v) is 9.54. The highest BCUT2D eigenvalue weighted by Gasteiger charge is 2.12. The van der Waals surface area contributed by atoms with E-state index in [0.29, 0.717) is 24.0 Å². The van der Waals surface area contributed by atoms with Gasteiger partial charge in [0.1, 0.15) is 5.75 Å². The van der Waals surface area contributed by atoms with Crippen LogP contribution in [-0.4, -0.2) is 41.6 Å². The van der Waals surface area contributed by atoms with Crippen LogP contribution in [0.15, 0.2) is 42.5 Å². The second-order valence-electron chi connectivity index (χ2n) is 6.80. The Balaban J connectivity index is 1.45. The molecule has 0 saturated heterocycles. The minimum absolute atomic E-state index is 0.0691. The first-order valence-electron chi connectivity index (χ1n) is 9.54. The molecule has 0 aliphatic carbocycles. The molecule has 1 aromatic heterocycles. The first-order chi connectivity index (χ1) is 14.8. The van der Waals surface area contributed by atoms with Gasteiger partial charge in [-0.1, -0.05) is 12.1 Å². The maximum atomic E-state index is 12.2. The Morgan fingerprint density at radius 1 is 1.00 bits per heavy atom. The minimum Gasteiger partial charge on any atom is -0.452 e. The summed E-state index contributed by atoms with van der Waals surface area (Å²) in [6, 6.07) is 11.0. The highest BCUT2D eigenvalue weighted by molar-refractivity contribution is 5.94. The van der Waals surface area contributed by atoms with Crippen LogP contribution < -0.4 is 10.1 Å². The summed E-state index contributed by atoms with van der Waals surface area (Å²) < 4.78 is 33.6. The van der Waals surface area contributed by atoms with Crippen molar-refractivity contribution in [3.8, 4) is 5.75 Å². The van der Waals surface area contributed by atoms with Crippen LogP contribution in [-0.2, 0) is 16.0 Å². The zero-order valence-electron chi connectivity index (χ0n) is 17.0. The van der Waals surface area contributed by atoms with E-state index in [9.17, 15) is 18.4 Å². The molecule has 1 amide bonds. The third kappa shape index (κ3) is 6.18. The first kappa shape index (κ1) is 22.1. The molecule has 0 radical (unpaired) electrons. The summed E-state index contributed by atoms with van der Waals surface area (Å²) >= 11 is 0. The van der Waals surface area contributed by atoms with Gasteiger partial charge in [0, 0.05) is 6.54 Å². The van der Waals surface area contributed by atoms with Gasteiger partial charge in [-0.2, -0.15) is 8.78 Å². The van der Waals surface area contributed by atoms with Crippen molar-refractivity contribution in [2.75, 3.05) is 13.2 Å². The number of aryl methyl sites for hydroxylation is 2. The van der Waals surface area contributed by atoms with E-state index in [1.54, 1.807) is 30.3 Å². The molecule has 31 heavy (non-hydrogen) atoms. The van der Waals surface area contributed by atoms with Crippen molar-refractivity contribution in [3.05, 3.63) is 65.0 Å². The van der Waals surface area contributed by atoms with Crippen LogP contribution >= 0.6 is 0 Å². The molecule has 0 unspecified atom stereocenters. The summed E-state index contributed by atoms with van der Waals surface area (Å²) in [5.41, 5.74) is 3.95. The van der Waals surface area contributed by atoms with Gasteiger partial charge >= 0.3 is 12.6 Å². The average Bonchev–Trinajstić information content (AvgIpc) is 2.73. The van der Waals surface area contributed by atoms with Crippen LogP contribution in [0.1, 0.15) is 27.3 Å². The van der Waals surface area contributed by atoms with Gasteiger partial charge in [-0.25, -0.2) is 14.8 Å². The molecule has 1 N–H and O–H groups in total. The summed E-state index contributed by atoms with van der Waals surface area (Å²) in [6.07, 6.45) is 0.483. The van der Waals surface area contributed by atoms with Crippen LogP contribution in [0.5, 0.6) is 5.75 Å². The van der Waals surface area contributed by atoms with Crippen molar-refractivity contribution in [2.45, 2.75) is 26.9 Å². The Morgan fingerprint density at radius 3 is 2.35 bits per heavy atom. The van der Waals surface area contributed by atoms with Crippen molar-refractivity contribution in [3.63, 3.8) is 0 Å². The third-order valence-corrected chi connectivity index (χ3v) is 4.53. The lowest BCUT2D eigenvalue weighted by Gasteiger charge is -2.08. The fraction of sp³-hybridized carbons (Fsp3) is 0.273. The number of carbonyl (C=O) groups excluding carboxylic acids is 2. The molecule has 1 heterocycles. The summed E-state index contributed by atoms with van der Waals surface area (Å²) in [7, 11) is 0. The number of hydrogen-bond acceptors (Lipinski definition) is 6. The van der Waals surface area contributed by atoms with E-state index >= 15 is 0 Å². The molecule has 0 atom stereocenters. The highest BCUT2D eigenvalue weighted by Crippen LogP contribution is 2.16. The van der Waals surface area contributed by atoms with Crippen LogP contribution in [0, 0.1) is 13.8 Å². The molecule has 162 valence electrons. The number of hydrogen-bond donors (Lipinski definition) is 1. The molecule has 3 aromatic rings. The van der Waals surface area contributed by atoms with Crippen LogP contribution in [0.2, 0.25) is 0 Å². The van der Waals surface area contributed by atoms with Gasteiger partial charge in [0.25, 0.3) is 5.91 Å². The molecule has 7 nitrogen and oxygen atoms in total. The van der Waals surface area contributed by atoms with Crippen LogP contribution in [0.3, 0.4) is 0 Å². The Kier molecular flexibility index (Phi) is 7.07. The van der Waals surface area contributed by atoms with E-state index < -0.39 is 25.1 Å². The third-order valence-electron chi connectivity index (χ3n) is 4.53. The second-order valence-corrected chi connectivity index (χ2v) is 6.80. The van der Waals surface area contributed by atoms with E-state index in [0.717, 1.165) is 17.0 Å². The van der Waals surface area contributed by atoms with Gasteiger partial charge in [-0.05, 0) is 56.2 Å². The van der Waals surface area contributed by atoms with Crippen molar-refractivity contribution < 1.29 is 27.8 Å². The predicted octanol–water partition coefficient (Wildman–Crippen LogP) is 3.36. The van der Waals surface area contributed by atoms with Gasteiger partial charge in [0.05, 0.1) is 28.0 Å². The molecule has 0 spiro atoms. The Bertz CT molecular complexity index is 1090. The number of aromatic nitrogens is 2. The number of ether oxygens (including phenoxy) is 2. The zero-order chi connectivity index (χ0) is 22.4. The Hall–Kier alpha value is -3.62. The number of fused-ring (bicyclic) bond motifs is 1. The fourth-order valence-electron chi connectivity index (χ4n) is 2.81. The maximum Gasteiger partial charge on any atom is 0.387 e. The minimum atomic E-state index is -2.87. The summed E-state index contributed by atoms with van der Waals surface area (Å²) in [5, 5.41) is 2.64. The van der Waals surface area contributed by atoms with Crippen LogP contribution in [0.4, 0.5) is 8.78 Å². The zero-order valence-corrected chi connectivity index (χ0v) is 17.0. The van der Waals surface area contributed by atoms with E-state index in [1.165, 1.54) is 12.1 Å². The van der Waals surface area contributed by atoms with E-state index in [-0.39, 0.29) is 11.3 Å². The molecule has 0 fully saturated rings. The molecule has 0 aliphatic rings. The number of alkyl halides is 2. The predicted molar refractivity (Wildman–Crippen MR) is 109 cm³/mol. The smallest absolute Gasteiger partial charge is 0.387 e. The molecule has 0 bridgehead atoms. The number of nitrogens with one attached hydrogen (secondary N) is 1. The monoisotopic (exact) mass is 429 g/mol. The maximum absolute atomic E-state index is 12.2. The lowest BCUT2D eigenvalue weighted by atomic mass is 10.1. The number of nitrogens with zero attached hydrogens (tertiary/aromatic N) is 2.